The molecule has 2 heterocycles. The largest absolute Gasteiger partial charge is 0.309 e. The average Bonchev–Trinajstić information content (AvgIpc) is 2.90. The maximum atomic E-state index is 13.7. The topological polar surface area (TPSA) is 24.9 Å². The number of hydrogen-bond donors (Lipinski definition) is 1. The fourth-order valence-electron chi connectivity index (χ4n) is 2.31. The van der Waals surface area contributed by atoms with E-state index in [1.807, 2.05) is 11.4 Å². The molecule has 2 aromatic rings. The normalized spacial score (nSPS) is 19.9. The van der Waals surface area contributed by atoms with Gasteiger partial charge in [0.15, 0.2) is 0 Å². The molecule has 1 atom stereocenters. The predicted molar refractivity (Wildman–Crippen MR) is 72.1 cm³/mol. The van der Waals surface area contributed by atoms with E-state index in [1.54, 1.807) is 12.1 Å². The summed E-state index contributed by atoms with van der Waals surface area (Å²) in [5, 5.41) is 6.29. The highest BCUT2D eigenvalue weighted by Gasteiger charge is 2.18. The van der Waals surface area contributed by atoms with E-state index in [-0.39, 0.29) is 5.82 Å². The van der Waals surface area contributed by atoms with Gasteiger partial charge in [0.2, 0.25) is 0 Å². The lowest BCUT2D eigenvalue weighted by Gasteiger charge is -2.21. The van der Waals surface area contributed by atoms with Crippen LogP contribution in [-0.2, 0) is 0 Å². The van der Waals surface area contributed by atoms with E-state index in [4.69, 9.17) is 0 Å². The van der Waals surface area contributed by atoms with Crippen molar-refractivity contribution in [1.82, 2.24) is 10.3 Å². The van der Waals surface area contributed by atoms with Gasteiger partial charge in [0.05, 0.1) is 11.7 Å². The zero-order chi connectivity index (χ0) is 12.4. The minimum atomic E-state index is -0.199. The Bertz CT molecular complexity index is 532. The van der Waals surface area contributed by atoms with Crippen molar-refractivity contribution in [2.45, 2.75) is 25.3 Å². The third-order valence-electron chi connectivity index (χ3n) is 3.29. The quantitative estimate of drug-likeness (QED) is 0.891. The summed E-state index contributed by atoms with van der Waals surface area (Å²) in [5.74, 6) is -0.199. The van der Waals surface area contributed by atoms with Crippen molar-refractivity contribution in [2.24, 2.45) is 0 Å². The number of thiazole rings is 1. The van der Waals surface area contributed by atoms with Crippen LogP contribution in [0.3, 0.4) is 0 Å². The Balaban J connectivity index is 1.87. The molecule has 1 aromatic heterocycles. The van der Waals surface area contributed by atoms with Crippen molar-refractivity contribution < 1.29 is 4.39 Å². The van der Waals surface area contributed by atoms with Crippen molar-refractivity contribution in [3.63, 3.8) is 0 Å². The molecule has 1 aliphatic rings. The van der Waals surface area contributed by atoms with Crippen LogP contribution in [0.25, 0.3) is 10.6 Å². The molecule has 4 heteroatoms. The first-order valence-corrected chi connectivity index (χ1v) is 7.16. The van der Waals surface area contributed by atoms with Crippen molar-refractivity contribution >= 4 is 11.3 Å². The van der Waals surface area contributed by atoms with Crippen LogP contribution in [0.5, 0.6) is 0 Å². The van der Waals surface area contributed by atoms with E-state index in [9.17, 15) is 4.39 Å². The summed E-state index contributed by atoms with van der Waals surface area (Å²) in [6.45, 7) is 1.05. The molecule has 0 amide bonds. The van der Waals surface area contributed by atoms with Crippen LogP contribution in [0.2, 0.25) is 0 Å². The minimum absolute atomic E-state index is 0.199. The first-order valence-electron chi connectivity index (χ1n) is 6.28. The first kappa shape index (κ1) is 11.8. The molecule has 1 aromatic carbocycles. The number of nitrogens with zero attached hydrogens (tertiary/aromatic N) is 1. The molecule has 1 unspecified atom stereocenters. The highest BCUT2D eigenvalue weighted by Crippen LogP contribution is 2.30. The van der Waals surface area contributed by atoms with Gasteiger partial charge in [0.1, 0.15) is 10.8 Å². The van der Waals surface area contributed by atoms with E-state index < -0.39 is 0 Å². The zero-order valence-corrected chi connectivity index (χ0v) is 10.8. The third-order valence-corrected chi connectivity index (χ3v) is 4.19. The van der Waals surface area contributed by atoms with Gasteiger partial charge >= 0.3 is 0 Å². The molecule has 94 valence electrons. The van der Waals surface area contributed by atoms with Crippen LogP contribution in [-0.4, -0.2) is 11.5 Å². The van der Waals surface area contributed by atoms with E-state index in [2.05, 4.69) is 10.3 Å². The Morgan fingerprint density at radius 2 is 2.17 bits per heavy atom. The molecule has 3 rings (SSSR count). The Labute approximate surface area is 110 Å². The van der Waals surface area contributed by atoms with Gasteiger partial charge in [-0.2, -0.15) is 0 Å². The second kappa shape index (κ2) is 5.16. The number of aromatic nitrogens is 1. The van der Waals surface area contributed by atoms with Crippen molar-refractivity contribution in [3.8, 4) is 10.6 Å². The fraction of sp³-hybridized carbons (Fsp3) is 0.357. The Kier molecular flexibility index (Phi) is 3.39. The molecular weight excluding hydrogens is 247 g/mol. The molecule has 0 bridgehead atoms. The second-order valence-corrected chi connectivity index (χ2v) is 5.42. The van der Waals surface area contributed by atoms with Gasteiger partial charge in [0.25, 0.3) is 0 Å². The Morgan fingerprint density at radius 3 is 2.94 bits per heavy atom. The smallest absolute Gasteiger partial charge is 0.133 e. The summed E-state index contributed by atoms with van der Waals surface area (Å²) in [6, 6.07) is 7.16. The molecule has 1 saturated heterocycles. The number of benzene rings is 1. The number of nitrogens with one attached hydrogen (secondary N) is 1. The van der Waals surface area contributed by atoms with Crippen molar-refractivity contribution in [3.05, 3.63) is 41.2 Å². The van der Waals surface area contributed by atoms with Crippen LogP contribution in [0.1, 0.15) is 31.0 Å². The molecule has 1 aliphatic heterocycles. The summed E-state index contributed by atoms with van der Waals surface area (Å²) in [6.07, 6.45) is 3.60. The monoisotopic (exact) mass is 262 g/mol. The Hall–Kier alpha value is -1.26. The molecule has 2 nitrogen and oxygen atoms in total. The van der Waals surface area contributed by atoms with Crippen molar-refractivity contribution in [1.29, 1.82) is 0 Å². The van der Waals surface area contributed by atoms with Crippen LogP contribution < -0.4 is 5.32 Å². The van der Waals surface area contributed by atoms with Crippen LogP contribution in [0, 0.1) is 5.82 Å². The second-order valence-electron chi connectivity index (χ2n) is 4.56. The lowest BCUT2D eigenvalue weighted by atomic mass is 10.0. The van der Waals surface area contributed by atoms with Gasteiger partial charge < -0.3 is 5.32 Å². The lowest BCUT2D eigenvalue weighted by Crippen LogP contribution is -2.26. The molecule has 0 radical (unpaired) electrons. The van der Waals surface area contributed by atoms with E-state index in [0.29, 0.717) is 11.6 Å². The highest BCUT2D eigenvalue weighted by atomic mass is 32.1. The summed E-state index contributed by atoms with van der Waals surface area (Å²) >= 11 is 1.52. The van der Waals surface area contributed by atoms with Gasteiger partial charge in [-0.1, -0.05) is 18.6 Å². The molecule has 1 fully saturated rings. The van der Waals surface area contributed by atoms with Gasteiger partial charge in [-0.25, -0.2) is 9.37 Å². The standard InChI is InChI=1S/C14H15FN2S/c15-11-6-2-1-5-10(11)14-17-13(9-18-14)12-7-3-4-8-16-12/h1-2,5-6,9,12,16H,3-4,7-8H2. The van der Waals surface area contributed by atoms with Crippen LogP contribution in [0.4, 0.5) is 4.39 Å². The maximum Gasteiger partial charge on any atom is 0.133 e. The summed E-state index contributed by atoms with van der Waals surface area (Å²) in [7, 11) is 0. The minimum Gasteiger partial charge on any atom is -0.309 e. The fourth-order valence-corrected chi connectivity index (χ4v) is 3.21. The van der Waals surface area contributed by atoms with Crippen molar-refractivity contribution in [2.75, 3.05) is 6.54 Å². The van der Waals surface area contributed by atoms with Crippen LogP contribution >= 0.6 is 11.3 Å². The van der Waals surface area contributed by atoms with E-state index in [0.717, 1.165) is 23.7 Å². The third kappa shape index (κ3) is 2.31. The SMILES string of the molecule is Fc1ccccc1-c1nc(C2CCCCN2)cs1. The molecular formula is C14H15FN2S. The Morgan fingerprint density at radius 1 is 1.28 bits per heavy atom. The van der Waals surface area contributed by atoms with E-state index in [1.165, 1.54) is 30.2 Å². The van der Waals surface area contributed by atoms with Gasteiger partial charge in [0, 0.05) is 10.9 Å². The molecule has 1 N–H and O–H groups in total. The maximum absolute atomic E-state index is 13.7. The number of piperidine rings is 1. The summed E-state index contributed by atoms with van der Waals surface area (Å²) in [4.78, 5) is 4.58. The lowest BCUT2D eigenvalue weighted by molar-refractivity contribution is 0.407. The molecule has 18 heavy (non-hydrogen) atoms. The van der Waals surface area contributed by atoms with E-state index >= 15 is 0 Å². The average molecular weight is 262 g/mol. The predicted octanol–water partition coefficient (Wildman–Crippen LogP) is 3.76. The number of halogens is 1. The van der Waals surface area contributed by atoms with Gasteiger partial charge in [-0.15, -0.1) is 11.3 Å². The molecule has 0 spiro atoms. The highest BCUT2D eigenvalue weighted by molar-refractivity contribution is 7.13. The number of hydrogen-bond acceptors (Lipinski definition) is 3. The summed E-state index contributed by atoms with van der Waals surface area (Å²) < 4.78 is 13.7. The summed E-state index contributed by atoms with van der Waals surface area (Å²) in [5.41, 5.74) is 1.66. The molecule has 0 saturated carbocycles. The van der Waals surface area contributed by atoms with Gasteiger partial charge in [-0.05, 0) is 31.5 Å². The number of rotatable bonds is 2. The first-order chi connectivity index (χ1) is 8.84. The van der Waals surface area contributed by atoms with Gasteiger partial charge in [-0.3, -0.25) is 0 Å². The van der Waals surface area contributed by atoms with Crippen LogP contribution in [0.15, 0.2) is 29.6 Å². The molecule has 0 aliphatic carbocycles. The zero-order valence-electron chi connectivity index (χ0n) is 10.0.